The minimum atomic E-state index is 0.523. The first-order valence-corrected chi connectivity index (χ1v) is 38.0. The molecule has 0 aromatic heterocycles. The second kappa shape index (κ2) is 25.8. The smallest absolute Gasteiger partial charge is 0.0624 e. The Labute approximate surface area is 491 Å². The molecule has 15 aliphatic rings. The molecule has 11 saturated carbocycles. The topological polar surface area (TPSA) is 66.6 Å². The number of hydrogen-bond acceptors (Lipinski definition) is 7. The standard InChI is InChI=1S/C73H125N7/c1-5-19-50(20-6-1)62-47-63(51-21-7-2-8-22-51)75-70(74-62)54-39-35-48(36-40-54)56-27-17-29-58(45-56)79-64-33-15-13-31-60(64)68-66(79)43-44-67-69(68)61-32-14-16-34-65(61)80(67)59-30-18-28-57(46-59)49-37-41-55(42-38-49)73-77-71(52-23-9-3-10-24-52)76-72(78-73)53-25-11-4-12-26-53/h48-78H,1-47H2. The summed E-state index contributed by atoms with van der Waals surface area (Å²) in [7, 11) is 0. The van der Waals surface area contributed by atoms with Gasteiger partial charge in [-0.1, -0.05) is 128 Å². The van der Waals surface area contributed by atoms with E-state index in [0.29, 0.717) is 24.7 Å². The van der Waals surface area contributed by atoms with E-state index in [4.69, 9.17) is 0 Å². The molecule has 0 radical (unpaired) electrons. The van der Waals surface area contributed by atoms with Crippen LogP contribution in [0.5, 0.6) is 0 Å². The Balaban J connectivity index is 0.589. The molecule has 15 fully saturated rings. The lowest BCUT2D eigenvalue weighted by Gasteiger charge is -2.50. The largest absolute Gasteiger partial charge is 0.299 e. The Morgan fingerprint density at radius 1 is 0.200 bits per heavy atom. The highest BCUT2D eigenvalue weighted by Crippen LogP contribution is 2.62. The Kier molecular flexibility index (Phi) is 18.1. The third kappa shape index (κ3) is 11.6. The van der Waals surface area contributed by atoms with Gasteiger partial charge in [0.1, 0.15) is 0 Å². The van der Waals surface area contributed by atoms with Crippen LogP contribution in [0.15, 0.2) is 0 Å². The van der Waals surface area contributed by atoms with Crippen LogP contribution in [0, 0.1) is 82.9 Å². The Hall–Kier alpha value is -0.280. The van der Waals surface area contributed by atoms with Gasteiger partial charge in [-0.2, -0.15) is 0 Å². The molecule has 4 aliphatic heterocycles. The van der Waals surface area contributed by atoms with Crippen molar-refractivity contribution in [3.63, 3.8) is 0 Å². The van der Waals surface area contributed by atoms with Crippen LogP contribution in [0.3, 0.4) is 0 Å². The maximum atomic E-state index is 4.42. The van der Waals surface area contributed by atoms with Crippen LogP contribution >= 0.6 is 0 Å². The lowest BCUT2D eigenvalue weighted by molar-refractivity contribution is -0.0000651. The molecule has 11 aliphatic carbocycles. The van der Waals surface area contributed by atoms with Gasteiger partial charge in [-0.05, 0) is 256 Å². The highest BCUT2D eigenvalue weighted by molar-refractivity contribution is 5.17. The SMILES string of the molecule is C1CCC(C2CC(C3CCCCC3)NC(C3CCC(C4CCCC(N5C6CCCCC6C6C7C8CCCCC8N(C8CCCC(C9CCC(C%10NC(C%11CCCCC%11)NC(C%11CCCCC%11)N%10)CC9)C8)C7CCC65)C4)CC3)N2)CC1. The van der Waals surface area contributed by atoms with Crippen molar-refractivity contribution in [2.45, 2.75) is 375 Å². The van der Waals surface area contributed by atoms with Crippen molar-refractivity contribution in [3.8, 4) is 0 Å². The van der Waals surface area contributed by atoms with Gasteiger partial charge >= 0.3 is 0 Å². The van der Waals surface area contributed by atoms with Crippen molar-refractivity contribution >= 4 is 0 Å². The Morgan fingerprint density at radius 2 is 0.512 bits per heavy atom. The molecule has 15 rings (SSSR count). The molecule has 16 unspecified atom stereocenters. The second-order valence-corrected chi connectivity index (χ2v) is 33.1. The monoisotopic (exact) mass is 1100 g/mol. The van der Waals surface area contributed by atoms with Gasteiger partial charge in [0.05, 0.1) is 24.7 Å². The molecular weight excluding hydrogens is 975 g/mol. The summed E-state index contributed by atoms with van der Waals surface area (Å²) in [5.41, 5.74) is 0. The number of hydrogen-bond donors (Lipinski definition) is 5. The first-order chi connectivity index (χ1) is 39.6. The van der Waals surface area contributed by atoms with Gasteiger partial charge < -0.3 is 0 Å². The molecule has 5 N–H and O–H groups in total. The van der Waals surface area contributed by atoms with E-state index < -0.39 is 0 Å². The molecule has 0 bridgehead atoms. The molecule has 0 aromatic rings. The average Bonchev–Trinajstić information content (AvgIpc) is 4.18. The molecule has 7 nitrogen and oxygen atoms in total. The summed E-state index contributed by atoms with van der Waals surface area (Å²) in [6.45, 7) is 0. The van der Waals surface area contributed by atoms with E-state index in [1.807, 2.05) is 0 Å². The first-order valence-electron chi connectivity index (χ1n) is 38.0. The molecule has 0 aromatic carbocycles. The van der Waals surface area contributed by atoms with Crippen molar-refractivity contribution < 1.29 is 0 Å². The van der Waals surface area contributed by atoms with Crippen LogP contribution in [0.1, 0.15) is 302 Å². The highest BCUT2D eigenvalue weighted by atomic mass is 15.4. The Morgan fingerprint density at radius 3 is 0.912 bits per heavy atom. The quantitative estimate of drug-likeness (QED) is 0.149. The fraction of sp³-hybridized carbons (Fsp3) is 1.00. The minimum absolute atomic E-state index is 0.523. The zero-order valence-electron chi connectivity index (χ0n) is 51.6. The van der Waals surface area contributed by atoms with Crippen molar-refractivity contribution in [1.29, 1.82) is 0 Å². The van der Waals surface area contributed by atoms with Crippen LogP contribution in [0.25, 0.3) is 0 Å². The third-order valence-corrected chi connectivity index (χ3v) is 29.4. The summed E-state index contributed by atoms with van der Waals surface area (Å²) in [5.74, 6) is 13.2. The molecule has 0 amide bonds. The third-order valence-electron chi connectivity index (χ3n) is 29.4. The molecule has 452 valence electrons. The predicted molar refractivity (Wildman–Crippen MR) is 331 cm³/mol. The van der Waals surface area contributed by atoms with E-state index in [9.17, 15) is 0 Å². The van der Waals surface area contributed by atoms with Crippen LogP contribution < -0.4 is 26.6 Å². The summed E-state index contributed by atoms with van der Waals surface area (Å²) in [4.78, 5) is 6.92. The zero-order chi connectivity index (χ0) is 52.9. The normalized spacial score (nSPS) is 49.4. The number of rotatable bonds is 10. The minimum Gasteiger partial charge on any atom is -0.299 e. The van der Waals surface area contributed by atoms with Crippen molar-refractivity contribution in [1.82, 2.24) is 36.4 Å². The van der Waals surface area contributed by atoms with E-state index in [1.54, 1.807) is 64.2 Å². The van der Waals surface area contributed by atoms with E-state index in [0.717, 1.165) is 131 Å². The van der Waals surface area contributed by atoms with E-state index >= 15 is 0 Å². The zero-order valence-corrected chi connectivity index (χ0v) is 51.6. The van der Waals surface area contributed by atoms with Crippen LogP contribution in [-0.2, 0) is 0 Å². The van der Waals surface area contributed by atoms with Crippen LogP contribution in [0.2, 0.25) is 0 Å². The van der Waals surface area contributed by atoms with Gasteiger partial charge in [0.2, 0.25) is 0 Å². The van der Waals surface area contributed by atoms with Crippen molar-refractivity contribution in [2.24, 2.45) is 82.9 Å². The molecular formula is C73H125N7. The molecule has 4 saturated heterocycles. The maximum absolute atomic E-state index is 4.42. The van der Waals surface area contributed by atoms with Crippen LogP contribution in [-0.4, -0.2) is 82.8 Å². The lowest BCUT2D eigenvalue weighted by Crippen LogP contribution is -2.72. The fourth-order valence-corrected chi connectivity index (χ4v) is 25.7. The number of nitrogens with zero attached hydrogens (tertiary/aromatic N) is 2. The second-order valence-electron chi connectivity index (χ2n) is 33.1. The average molecular weight is 1100 g/mol. The Bertz CT molecular complexity index is 1730. The van der Waals surface area contributed by atoms with Gasteiger partial charge in [0.25, 0.3) is 0 Å². The number of nitrogens with one attached hydrogen (secondary N) is 5. The van der Waals surface area contributed by atoms with E-state index in [1.165, 1.54) is 238 Å². The van der Waals surface area contributed by atoms with Gasteiger partial charge in [0.15, 0.2) is 0 Å². The molecule has 4 heterocycles. The number of likely N-dealkylation sites (tertiary alicyclic amines) is 2. The first kappa shape index (κ1) is 56.2. The van der Waals surface area contributed by atoms with Crippen molar-refractivity contribution in [3.05, 3.63) is 0 Å². The molecule has 0 spiro atoms. The van der Waals surface area contributed by atoms with Gasteiger partial charge in [-0.25, -0.2) is 0 Å². The van der Waals surface area contributed by atoms with Gasteiger partial charge in [-0.15, -0.1) is 0 Å². The summed E-state index contributed by atoms with van der Waals surface area (Å²) in [6.07, 6.45) is 72.8. The van der Waals surface area contributed by atoms with E-state index in [-0.39, 0.29) is 0 Å². The van der Waals surface area contributed by atoms with Gasteiger partial charge in [0, 0.05) is 48.3 Å². The van der Waals surface area contributed by atoms with Crippen molar-refractivity contribution in [2.75, 3.05) is 0 Å². The summed E-state index contributed by atoms with van der Waals surface area (Å²) >= 11 is 0. The molecule has 16 atom stereocenters. The summed E-state index contributed by atoms with van der Waals surface area (Å²) in [6, 6.07) is 7.01. The maximum Gasteiger partial charge on any atom is 0.0624 e. The summed E-state index contributed by atoms with van der Waals surface area (Å²) < 4.78 is 0. The fourth-order valence-electron chi connectivity index (χ4n) is 25.7. The predicted octanol–water partition coefficient (Wildman–Crippen LogP) is 16.0. The highest BCUT2D eigenvalue weighted by Gasteiger charge is 2.64. The summed E-state index contributed by atoms with van der Waals surface area (Å²) in [5, 5.41) is 21.7. The molecule has 80 heavy (non-hydrogen) atoms. The molecule has 7 heteroatoms. The van der Waals surface area contributed by atoms with Crippen LogP contribution in [0.4, 0.5) is 0 Å². The van der Waals surface area contributed by atoms with E-state index in [2.05, 4.69) is 36.4 Å². The van der Waals surface area contributed by atoms with Gasteiger partial charge in [-0.3, -0.25) is 36.4 Å². The number of fused-ring (bicyclic) bond motifs is 7. The lowest BCUT2D eigenvalue weighted by atomic mass is 9.61.